The van der Waals surface area contributed by atoms with Crippen LogP contribution in [0.1, 0.15) is 18.6 Å². The summed E-state index contributed by atoms with van der Waals surface area (Å²) in [6.45, 7) is 3.56. The van der Waals surface area contributed by atoms with Crippen molar-refractivity contribution in [2.24, 2.45) is 0 Å². The van der Waals surface area contributed by atoms with Gasteiger partial charge in [0.25, 0.3) is 0 Å². The number of hydrogen-bond acceptors (Lipinski definition) is 4. The molecule has 0 saturated heterocycles. The Morgan fingerprint density at radius 1 is 1.43 bits per heavy atom. The number of carbonyl (C=O) groups is 1. The number of phenols is 1. The van der Waals surface area contributed by atoms with Crippen molar-refractivity contribution in [2.45, 2.75) is 13.0 Å². The average Bonchev–Trinajstić information content (AvgIpc) is 2.07. The van der Waals surface area contributed by atoms with E-state index in [1.54, 1.807) is 19.1 Å². The van der Waals surface area contributed by atoms with Crippen LogP contribution in [-0.2, 0) is 4.79 Å². The first-order valence-electron chi connectivity index (χ1n) is 3.67. The third-order valence-corrected chi connectivity index (χ3v) is 1.53. The number of nitrogens with two attached hydrogens (primary N) is 1. The third kappa shape index (κ3) is 3.64. The van der Waals surface area contributed by atoms with Crippen LogP contribution in [-0.4, -0.2) is 17.0 Å². The van der Waals surface area contributed by atoms with Crippen molar-refractivity contribution in [3.8, 4) is 5.75 Å². The maximum Gasteiger partial charge on any atom is 0.123 e. The van der Waals surface area contributed by atoms with Gasteiger partial charge in [-0.15, -0.1) is 12.4 Å². The summed E-state index contributed by atoms with van der Waals surface area (Å²) in [5, 5.41) is 18.4. The van der Waals surface area contributed by atoms with E-state index in [0.717, 1.165) is 0 Å². The molecule has 1 atom stereocenters. The Kier molecular flexibility index (Phi) is 7.80. The zero-order valence-corrected chi connectivity index (χ0v) is 8.62. The van der Waals surface area contributed by atoms with Crippen molar-refractivity contribution in [2.75, 3.05) is 5.73 Å². The van der Waals surface area contributed by atoms with E-state index in [1.165, 1.54) is 6.07 Å². The number of rotatable bonds is 1. The molecule has 14 heavy (non-hydrogen) atoms. The number of carbonyl (C=O) groups excluding carboxylic acids is 1. The molecule has 0 aliphatic heterocycles. The summed E-state index contributed by atoms with van der Waals surface area (Å²) in [5.41, 5.74) is 6.31. The second-order valence-corrected chi connectivity index (χ2v) is 2.46. The third-order valence-electron chi connectivity index (χ3n) is 1.53. The van der Waals surface area contributed by atoms with E-state index in [1.807, 2.05) is 6.79 Å². The SMILES string of the molecule is C=O.CC(O)c1c(N)cccc1O.Cl. The molecule has 0 heterocycles. The minimum atomic E-state index is -0.726. The van der Waals surface area contributed by atoms with Crippen LogP contribution in [0.4, 0.5) is 5.69 Å². The maximum absolute atomic E-state index is 9.22. The van der Waals surface area contributed by atoms with E-state index in [2.05, 4.69) is 0 Å². The van der Waals surface area contributed by atoms with Gasteiger partial charge in [-0.1, -0.05) is 6.07 Å². The molecule has 5 heteroatoms. The highest BCUT2D eigenvalue weighted by Gasteiger charge is 2.09. The molecular weight excluding hydrogens is 206 g/mol. The topological polar surface area (TPSA) is 83.5 Å². The maximum atomic E-state index is 9.22. The van der Waals surface area contributed by atoms with Gasteiger partial charge in [-0.3, -0.25) is 0 Å². The van der Waals surface area contributed by atoms with Crippen molar-refractivity contribution in [1.29, 1.82) is 0 Å². The molecule has 80 valence electrons. The normalized spacial score (nSPS) is 10.4. The molecule has 0 radical (unpaired) electrons. The molecule has 1 aromatic carbocycles. The molecule has 4 nitrogen and oxygen atoms in total. The van der Waals surface area contributed by atoms with Gasteiger partial charge in [-0.05, 0) is 19.1 Å². The molecule has 0 aromatic heterocycles. The number of benzene rings is 1. The highest BCUT2D eigenvalue weighted by molar-refractivity contribution is 5.85. The van der Waals surface area contributed by atoms with Crippen LogP contribution in [0.5, 0.6) is 5.75 Å². The molecule has 4 N–H and O–H groups in total. The molecule has 1 aromatic rings. The molecule has 0 spiro atoms. The molecule has 0 saturated carbocycles. The number of aromatic hydroxyl groups is 1. The van der Waals surface area contributed by atoms with Crippen molar-refractivity contribution < 1.29 is 15.0 Å². The number of anilines is 1. The summed E-state index contributed by atoms with van der Waals surface area (Å²) in [5.74, 6) is 0.0417. The second kappa shape index (κ2) is 7.17. The zero-order chi connectivity index (χ0) is 10.4. The number of aliphatic hydroxyl groups excluding tert-OH is 1. The summed E-state index contributed by atoms with van der Waals surface area (Å²) in [7, 11) is 0. The standard InChI is InChI=1S/C8H11NO2.CH2O.ClH/c1-5(10)8-6(9)3-2-4-7(8)11;1-2;/h2-5,10-11H,9H2,1H3;1H2;1H. The molecule has 1 rings (SSSR count). The van der Waals surface area contributed by atoms with E-state index < -0.39 is 6.10 Å². The smallest absolute Gasteiger partial charge is 0.123 e. The van der Waals surface area contributed by atoms with E-state index in [0.29, 0.717) is 11.3 Å². The monoisotopic (exact) mass is 219 g/mol. The van der Waals surface area contributed by atoms with Crippen molar-refractivity contribution in [3.05, 3.63) is 23.8 Å². The number of aliphatic hydroxyl groups is 1. The van der Waals surface area contributed by atoms with Gasteiger partial charge in [0, 0.05) is 11.3 Å². The minimum absolute atomic E-state index is 0. The Balaban J connectivity index is 0. The molecule has 0 fully saturated rings. The van der Waals surface area contributed by atoms with Gasteiger partial charge in [-0.2, -0.15) is 0 Å². The fourth-order valence-electron chi connectivity index (χ4n) is 1.03. The molecule has 0 aliphatic carbocycles. The van der Waals surface area contributed by atoms with E-state index >= 15 is 0 Å². The number of nitrogen functional groups attached to an aromatic ring is 1. The van der Waals surface area contributed by atoms with Gasteiger partial charge < -0.3 is 20.7 Å². The predicted octanol–water partition coefficient (Wildman–Crippen LogP) is 1.26. The van der Waals surface area contributed by atoms with Crippen LogP contribution in [0.15, 0.2) is 18.2 Å². The predicted molar refractivity (Wildman–Crippen MR) is 57.5 cm³/mol. The molecule has 0 amide bonds. The van der Waals surface area contributed by atoms with Crippen LogP contribution in [0.2, 0.25) is 0 Å². The highest BCUT2D eigenvalue weighted by Crippen LogP contribution is 2.28. The second-order valence-electron chi connectivity index (χ2n) is 2.46. The Hall–Kier alpha value is -1.26. The lowest BCUT2D eigenvalue weighted by molar-refractivity contribution is -0.0979. The fourth-order valence-corrected chi connectivity index (χ4v) is 1.03. The number of halogens is 1. The summed E-state index contributed by atoms with van der Waals surface area (Å²) in [4.78, 5) is 8.00. The largest absolute Gasteiger partial charge is 0.507 e. The van der Waals surface area contributed by atoms with Crippen LogP contribution in [0, 0.1) is 0 Å². The Morgan fingerprint density at radius 2 is 1.93 bits per heavy atom. The van der Waals surface area contributed by atoms with Gasteiger partial charge in [0.05, 0.1) is 6.10 Å². The fraction of sp³-hybridized carbons (Fsp3) is 0.222. The van der Waals surface area contributed by atoms with Crippen LogP contribution < -0.4 is 5.73 Å². The van der Waals surface area contributed by atoms with Crippen LogP contribution >= 0.6 is 12.4 Å². The van der Waals surface area contributed by atoms with Crippen molar-refractivity contribution >= 4 is 24.9 Å². The minimum Gasteiger partial charge on any atom is -0.507 e. The summed E-state index contributed by atoms with van der Waals surface area (Å²) in [6, 6.07) is 4.77. The van der Waals surface area contributed by atoms with Gasteiger partial charge in [0.1, 0.15) is 12.5 Å². The van der Waals surface area contributed by atoms with Crippen LogP contribution in [0.25, 0.3) is 0 Å². The number of hydrogen-bond donors (Lipinski definition) is 3. The molecular formula is C9H14ClNO3. The first kappa shape index (κ1) is 15.2. The van der Waals surface area contributed by atoms with E-state index in [-0.39, 0.29) is 18.2 Å². The van der Waals surface area contributed by atoms with E-state index in [4.69, 9.17) is 15.6 Å². The summed E-state index contributed by atoms with van der Waals surface area (Å²) >= 11 is 0. The Labute approximate surface area is 88.8 Å². The Bertz CT molecular complexity index is 259. The molecule has 0 aliphatic rings. The Morgan fingerprint density at radius 3 is 2.21 bits per heavy atom. The highest BCUT2D eigenvalue weighted by atomic mass is 35.5. The average molecular weight is 220 g/mol. The van der Waals surface area contributed by atoms with Gasteiger partial charge in [0.15, 0.2) is 0 Å². The van der Waals surface area contributed by atoms with Crippen LogP contribution in [0.3, 0.4) is 0 Å². The number of phenolic OH excluding ortho intramolecular Hbond substituents is 1. The van der Waals surface area contributed by atoms with Gasteiger partial charge in [0.2, 0.25) is 0 Å². The first-order valence-corrected chi connectivity index (χ1v) is 3.67. The van der Waals surface area contributed by atoms with Gasteiger partial charge in [-0.25, -0.2) is 0 Å². The molecule has 1 unspecified atom stereocenters. The molecule has 0 bridgehead atoms. The van der Waals surface area contributed by atoms with Gasteiger partial charge >= 0.3 is 0 Å². The quantitative estimate of drug-likeness (QED) is 0.621. The summed E-state index contributed by atoms with van der Waals surface area (Å²) < 4.78 is 0. The lowest BCUT2D eigenvalue weighted by Gasteiger charge is -2.09. The first-order chi connectivity index (χ1) is 6.13. The lowest BCUT2D eigenvalue weighted by Crippen LogP contribution is -1.98. The van der Waals surface area contributed by atoms with E-state index in [9.17, 15) is 5.11 Å². The summed E-state index contributed by atoms with van der Waals surface area (Å²) in [6.07, 6.45) is -0.726. The lowest BCUT2D eigenvalue weighted by atomic mass is 10.1. The van der Waals surface area contributed by atoms with Crippen molar-refractivity contribution in [1.82, 2.24) is 0 Å². The zero-order valence-electron chi connectivity index (χ0n) is 7.80. The van der Waals surface area contributed by atoms with Crippen molar-refractivity contribution in [3.63, 3.8) is 0 Å².